The van der Waals surface area contributed by atoms with Crippen molar-refractivity contribution in [2.75, 3.05) is 6.61 Å². The molecule has 0 aromatic carbocycles. The van der Waals surface area contributed by atoms with Gasteiger partial charge in [0, 0.05) is 6.42 Å². The van der Waals surface area contributed by atoms with Gasteiger partial charge in [-0.1, -0.05) is 233 Å². The molecule has 0 radical (unpaired) electrons. The summed E-state index contributed by atoms with van der Waals surface area (Å²) in [6.07, 6.45) is 44.5. The highest BCUT2D eigenvalue weighted by molar-refractivity contribution is 5.77. The summed E-state index contributed by atoms with van der Waals surface area (Å²) >= 11 is 0. The highest BCUT2D eigenvalue weighted by Gasteiger charge is 2.24. The highest BCUT2D eigenvalue weighted by Crippen LogP contribution is 2.18. The molecule has 54 heavy (non-hydrogen) atoms. The maximum atomic E-state index is 13.1. The van der Waals surface area contributed by atoms with E-state index >= 15 is 0 Å². The van der Waals surface area contributed by atoms with Gasteiger partial charge in [-0.05, 0) is 25.7 Å². The van der Waals surface area contributed by atoms with Crippen molar-refractivity contribution in [2.45, 2.75) is 289 Å². The van der Waals surface area contributed by atoms with Gasteiger partial charge in [-0.15, -0.1) is 0 Å². The summed E-state index contributed by atoms with van der Waals surface area (Å²) in [7, 11) is 0. The Hall–Kier alpha value is -1.14. The van der Waals surface area contributed by atoms with Crippen LogP contribution in [-0.4, -0.2) is 46.9 Å². The zero-order valence-corrected chi connectivity index (χ0v) is 36.6. The third-order valence-electron chi connectivity index (χ3n) is 11.4. The number of hydrogen-bond acceptors (Lipinski definition) is 5. The second kappa shape index (κ2) is 43.0. The number of carbonyl (C=O) groups excluding carboxylic acids is 2. The summed E-state index contributed by atoms with van der Waals surface area (Å²) in [4.78, 5) is 26.0. The number of rotatable bonds is 44. The maximum absolute atomic E-state index is 13.1. The first-order valence-corrected chi connectivity index (χ1v) is 24.3. The predicted molar refractivity (Wildman–Crippen MR) is 232 cm³/mol. The van der Waals surface area contributed by atoms with Crippen molar-refractivity contribution >= 4 is 11.9 Å². The van der Waals surface area contributed by atoms with Gasteiger partial charge >= 0.3 is 5.97 Å². The minimum absolute atomic E-state index is 0.0870. The molecule has 0 saturated heterocycles. The van der Waals surface area contributed by atoms with E-state index in [-0.39, 0.29) is 24.9 Å². The smallest absolute Gasteiger partial charge is 0.306 e. The van der Waals surface area contributed by atoms with Crippen LogP contribution in [0.2, 0.25) is 0 Å². The van der Waals surface area contributed by atoms with Crippen LogP contribution >= 0.6 is 0 Å². The number of amides is 1. The van der Waals surface area contributed by atoms with Crippen LogP contribution in [-0.2, 0) is 14.3 Å². The molecule has 3 unspecified atom stereocenters. The first kappa shape index (κ1) is 52.9. The van der Waals surface area contributed by atoms with Gasteiger partial charge in [-0.3, -0.25) is 9.59 Å². The van der Waals surface area contributed by atoms with Crippen molar-refractivity contribution in [1.29, 1.82) is 0 Å². The molecule has 0 bridgehead atoms. The summed E-state index contributed by atoms with van der Waals surface area (Å²) < 4.78 is 5.91. The molecular weight excluding hydrogens is 671 g/mol. The number of carbonyl (C=O) groups is 2. The molecule has 0 aromatic heterocycles. The van der Waals surface area contributed by atoms with E-state index in [1.54, 1.807) is 0 Å². The van der Waals surface area contributed by atoms with Gasteiger partial charge in [0.2, 0.25) is 5.91 Å². The first-order chi connectivity index (χ1) is 26.5. The second-order valence-electron chi connectivity index (χ2n) is 16.9. The van der Waals surface area contributed by atoms with Gasteiger partial charge in [0.05, 0.1) is 25.2 Å². The Morgan fingerprint density at radius 1 is 0.463 bits per heavy atom. The van der Waals surface area contributed by atoms with Gasteiger partial charge in [0.1, 0.15) is 6.10 Å². The number of ether oxygens (including phenoxy) is 1. The summed E-state index contributed by atoms with van der Waals surface area (Å²) in [5, 5.41) is 23.6. The van der Waals surface area contributed by atoms with E-state index in [4.69, 9.17) is 4.74 Å². The molecule has 0 fully saturated rings. The minimum Gasteiger partial charge on any atom is -0.462 e. The number of aliphatic hydroxyl groups is 2. The van der Waals surface area contributed by atoms with Crippen LogP contribution in [0.1, 0.15) is 271 Å². The van der Waals surface area contributed by atoms with E-state index < -0.39 is 18.2 Å². The van der Waals surface area contributed by atoms with Gasteiger partial charge < -0.3 is 20.3 Å². The van der Waals surface area contributed by atoms with Crippen LogP contribution in [0.3, 0.4) is 0 Å². The lowest BCUT2D eigenvalue weighted by atomic mass is 10.0. The standard InChI is InChI=1S/C48H95NO5/c1-4-7-10-13-16-19-21-22-23-24-25-26-28-30-33-36-39-44(54-48(53)41-38-35-32-27-18-15-12-9-6-3)42-47(52)49-45(43-50)46(51)40-37-34-31-29-20-17-14-11-8-5-2/h44-46,50-51H,4-43H2,1-3H3,(H,49,52). The van der Waals surface area contributed by atoms with Crippen LogP contribution in [0.25, 0.3) is 0 Å². The zero-order chi connectivity index (χ0) is 39.6. The topological polar surface area (TPSA) is 95.9 Å². The van der Waals surface area contributed by atoms with Crippen molar-refractivity contribution in [1.82, 2.24) is 5.32 Å². The van der Waals surface area contributed by atoms with E-state index in [9.17, 15) is 19.8 Å². The molecule has 3 N–H and O–H groups in total. The van der Waals surface area contributed by atoms with E-state index in [2.05, 4.69) is 26.1 Å². The quantitative estimate of drug-likeness (QED) is 0.0424. The first-order valence-electron chi connectivity index (χ1n) is 24.3. The summed E-state index contributed by atoms with van der Waals surface area (Å²) in [6.45, 7) is 6.47. The molecule has 6 heteroatoms. The average molecular weight is 766 g/mol. The molecule has 0 spiro atoms. The predicted octanol–water partition coefficient (Wildman–Crippen LogP) is 14.0. The molecular formula is C48H95NO5. The average Bonchev–Trinajstić information content (AvgIpc) is 3.16. The lowest BCUT2D eigenvalue weighted by Crippen LogP contribution is -2.46. The Morgan fingerprint density at radius 3 is 1.13 bits per heavy atom. The molecule has 1 amide bonds. The number of hydrogen-bond donors (Lipinski definition) is 3. The monoisotopic (exact) mass is 766 g/mol. The van der Waals surface area contributed by atoms with Gasteiger partial charge in [-0.2, -0.15) is 0 Å². The van der Waals surface area contributed by atoms with Crippen molar-refractivity contribution in [2.24, 2.45) is 0 Å². The minimum atomic E-state index is -0.777. The third-order valence-corrected chi connectivity index (χ3v) is 11.4. The SMILES string of the molecule is CCCCCCCCCCCCCCCCCCC(CC(=O)NC(CO)C(O)CCCCCCCCCCCC)OC(=O)CCCCCCCCCCC. The van der Waals surface area contributed by atoms with E-state index in [1.807, 2.05) is 0 Å². The van der Waals surface area contributed by atoms with Crippen molar-refractivity contribution < 1.29 is 24.5 Å². The lowest BCUT2D eigenvalue weighted by Gasteiger charge is -2.24. The summed E-state index contributed by atoms with van der Waals surface area (Å²) in [5.74, 6) is -0.458. The van der Waals surface area contributed by atoms with Gasteiger partial charge in [-0.25, -0.2) is 0 Å². The van der Waals surface area contributed by atoms with Crippen LogP contribution in [0.15, 0.2) is 0 Å². The molecule has 0 saturated carbocycles. The van der Waals surface area contributed by atoms with E-state index in [1.165, 1.54) is 180 Å². The zero-order valence-electron chi connectivity index (χ0n) is 36.6. The number of esters is 1. The Kier molecular flexibility index (Phi) is 42.1. The third kappa shape index (κ3) is 37.8. The molecule has 322 valence electrons. The fraction of sp³-hybridized carbons (Fsp3) is 0.958. The number of nitrogens with one attached hydrogen (secondary N) is 1. The van der Waals surface area contributed by atoms with Gasteiger partial charge in [0.25, 0.3) is 0 Å². The Bertz CT molecular complexity index is 776. The number of unbranched alkanes of at least 4 members (excludes halogenated alkanes) is 32. The molecule has 6 nitrogen and oxygen atoms in total. The largest absolute Gasteiger partial charge is 0.462 e. The molecule has 0 heterocycles. The molecule has 0 aromatic rings. The van der Waals surface area contributed by atoms with E-state index in [0.29, 0.717) is 19.3 Å². The number of aliphatic hydroxyl groups excluding tert-OH is 2. The van der Waals surface area contributed by atoms with Gasteiger partial charge in [0.15, 0.2) is 0 Å². The molecule has 0 rings (SSSR count). The van der Waals surface area contributed by atoms with Crippen LogP contribution in [0.5, 0.6) is 0 Å². The van der Waals surface area contributed by atoms with E-state index in [0.717, 1.165) is 44.9 Å². The highest BCUT2D eigenvalue weighted by atomic mass is 16.5. The second-order valence-corrected chi connectivity index (χ2v) is 16.9. The van der Waals surface area contributed by atoms with Crippen LogP contribution in [0, 0.1) is 0 Å². The Labute approximate surface area is 336 Å². The normalized spacial score (nSPS) is 13.2. The Balaban J connectivity index is 4.50. The molecule has 0 aliphatic carbocycles. The molecule has 3 atom stereocenters. The molecule has 0 aliphatic heterocycles. The van der Waals surface area contributed by atoms with Crippen molar-refractivity contribution in [3.8, 4) is 0 Å². The fourth-order valence-electron chi connectivity index (χ4n) is 7.73. The van der Waals surface area contributed by atoms with Crippen LogP contribution < -0.4 is 5.32 Å². The summed E-state index contributed by atoms with van der Waals surface area (Å²) in [6, 6.07) is -0.690. The summed E-state index contributed by atoms with van der Waals surface area (Å²) in [5.41, 5.74) is 0. The Morgan fingerprint density at radius 2 is 0.778 bits per heavy atom. The maximum Gasteiger partial charge on any atom is 0.306 e. The van der Waals surface area contributed by atoms with Crippen molar-refractivity contribution in [3.05, 3.63) is 0 Å². The van der Waals surface area contributed by atoms with Crippen LogP contribution in [0.4, 0.5) is 0 Å². The van der Waals surface area contributed by atoms with Crippen molar-refractivity contribution in [3.63, 3.8) is 0 Å². The lowest BCUT2D eigenvalue weighted by molar-refractivity contribution is -0.151. The molecule has 0 aliphatic rings. The fourth-order valence-corrected chi connectivity index (χ4v) is 7.73.